The predicted molar refractivity (Wildman–Crippen MR) is 114 cm³/mol. The van der Waals surface area contributed by atoms with Crippen LogP contribution in [0.15, 0.2) is 58.7 Å². The van der Waals surface area contributed by atoms with Gasteiger partial charge >= 0.3 is 11.9 Å². The summed E-state index contributed by atoms with van der Waals surface area (Å²) in [5, 5.41) is 8.68. The number of aliphatic carboxylic acids is 1. The Morgan fingerprint density at radius 2 is 1.83 bits per heavy atom. The summed E-state index contributed by atoms with van der Waals surface area (Å²) in [6.07, 6.45) is 10.9. The molecule has 0 aliphatic heterocycles. The molecule has 0 heterocycles. The Hall–Kier alpha value is -2.69. The Balaban J connectivity index is 2.96. The minimum Gasteiger partial charge on any atom is -0.481 e. The van der Waals surface area contributed by atoms with Gasteiger partial charge in [-0.1, -0.05) is 61.4 Å². The molecular weight excluding hydrogens is 368 g/mol. The molecule has 0 fully saturated rings. The zero-order valence-electron chi connectivity index (χ0n) is 18.2. The SMILES string of the molecule is CC=C(C)C=CC=C(C)C=CC1=C(C)C(=O)C(OC(=O)CCC(=O)O)CC1(C)C. The molecule has 1 rings (SSSR count). The quantitative estimate of drug-likeness (QED) is 0.453. The van der Waals surface area contributed by atoms with Crippen LogP contribution >= 0.6 is 0 Å². The van der Waals surface area contributed by atoms with Crippen LogP contribution in [0, 0.1) is 5.41 Å². The normalized spacial score (nSPS) is 20.6. The number of ether oxygens (including phenoxy) is 1. The third-order valence-corrected chi connectivity index (χ3v) is 4.99. The van der Waals surface area contributed by atoms with E-state index in [0.717, 1.165) is 11.1 Å². The number of carbonyl (C=O) groups excluding carboxylic acids is 2. The number of allylic oxidation sites excluding steroid dienone is 9. The molecule has 0 saturated carbocycles. The standard InChI is InChI=1S/C24H32O5/c1-7-16(2)9-8-10-17(3)11-12-19-18(4)23(28)20(15-24(19,5)6)29-22(27)14-13-21(25)26/h7-12,20H,13-15H2,1-6H3,(H,25,26). The van der Waals surface area contributed by atoms with Crippen LogP contribution in [-0.4, -0.2) is 28.9 Å². The maximum absolute atomic E-state index is 12.7. The first-order valence-electron chi connectivity index (χ1n) is 9.80. The van der Waals surface area contributed by atoms with Gasteiger partial charge in [-0.25, -0.2) is 0 Å². The summed E-state index contributed by atoms with van der Waals surface area (Å²) in [6, 6.07) is 0. The summed E-state index contributed by atoms with van der Waals surface area (Å²) in [5.74, 6) is -1.95. The third kappa shape index (κ3) is 7.68. The highest BCUT2D eigenvalue weighted by molar-refractivity contribution is 6.01. The Morgan fingerprint density at radius 3 is 2.41 bits per heavy atom. The van der Waals surface area contributed by atoms with E-state index in [4.69, 9.17) is 9.84 Å². The van der Waals surface area contributed by atoms with Crippen molar-refractivity contribution < 1.29 is 24.2 Å². The average Bonchev–Trinajstić information content (AvgIpc) is 2.63. The molecule has 0 aromatic rings. The fourth-order valence-corrected chi connectivity index (χ4v) is 3.14. The van der Waals surface area contributed by atoms with Crippen molar-refractivity contribution in [1.29, 1.82) is 0 Å². The monoisotopic (exact) mass is 400 g/mol. The Bertz CT molecular complexity index is 803. The second-order valence-corrected chi connectivity index (χ2v) is 8.00. The van der Waals surface area contributed by atoms with Gasteiger partial charge in [0, 0.05) is 6.42 Å². The van der Waals surface area contributed by atoms with E-state index in [1.54, 1.807) is 6.92 Å². The number of carboxylic acid groups (broad SMARTS) is 1. The molecule has 5 nitrogen and oxygen atoms in total. The van der Waals surface area contributed by atoms with E-state index >= 15 is 0 Å². The largest absolute Gasteiger partial charge is 0.481 e. The maximum atomic E-state index is 12.7. The zero-order chi connectivity index (χ0) is 22.2. The van der Waals surface area contributed by atoms with Crippen LogP contribution in [0.1, 0.15) is 60.8 Å². The number of Topliss-reactive ketones (excluding diaryl/α,β-unsaturated/α-hetero) is 1. The Labute approximate surface area is 173 Å². The van der Waals surface area contributed by atoms with Gasteiger partial charge in [0.15, 0.2) is 11.9 Å². The van der Waals surface area contributed by atoms with Gasteiger partial charge in [-0.3, -0.25) is 14.4 Å². The first-order chi connectivity index (χ1) is 13.5. The second kappa shape index (κ2) is 10.7. The van der Waals surface area contributed by atoms with E-state index in [2.05, 4.69) is 0 Å². The van der Waals surface area contributed by atoms with Gasteiger partial charge in [-0.05, 0) is 44.3 Å². The second-order valence-electron chi connectivity index (χ2n) is 8.00. The predicted octanol–water partition coefficient (Wildman–Crippen LogP) is 5.10. The van der Waals surface area contributed by atoms with E-state index in [9.17, 15) is 14.4 Å². The molecule has 0 aromatic heterocycles. The molecule has 1 atom stereocenters. The highest BCUT2D eigenvalue weighted by atomic mass is 16.5. The minimum atomic E-state index is -1.07. The van der Waals surface area contributed by atoms with Gasteiger partial charge in [0.2, 0.25) is 0 Å². The lowest BCUT2D eigenvalue weighted by Gasteiger charge is -2.36. The molecule has 5 heteroatoms. The van der Waals surface area contributed by atoms with E-state index < -0.39 is 18.0 Å². The van der Waals surface area contributed by atoms with Crippen LogP contribution in [-0.2, 0) is 19.1 Å². The molecule has 1 N–H and O–H groups in total. The zero-order valence-corrected chi connectivity index (χ0v) is 18.2. The Kier molecular flexibility index (Phi) is 9.02. The van der Waals surface area contributed by atoms with Crippen LogP contribution in [0.2, 0.25) is 0 Å². The highest BCUT2D eigenvalue weighted by Crippen LogP contribution is 2.40. The highest BCUT2D eigenvalue weighted by Gasteiger charge is 2.39. The van der Waals surface area contributed by atoms with Gasteiger partial charge in [0.05, 0.1) is 12.8 Å². The van der Waals surface area contributed by atoms with E-state index in [1.807, 2.05) is 71.1 Å². The number of hydrogen-bond donors (Lipinski definition) is 1. The van der Waals surface area contributed by atoms with E-state index in [1.165, 1.54) is 5.57 Å². The molecule has 1 unspecified atom stereocenters. The molecule has 0 spiro atoms. The lowest BCUT2D eigenvalue weighted by Crippen LogP contribution is -2.39. The summed E-state index contributed by atoms with van der Waals surface area (Å²) < 4.78 is 5.28. The van der Waals surface area contributed by atoms with Crippen molar-refractivity contribution in [1.82, 2.24) is 0 Å². The summed E-state index contributed by atoms with van der Waals surface area (Å²) >= 11 is 0. The molecule has 0 bridgehead atoms. The molecular formula is C24H32O5. The molecule has 0 aromatic carbocycles. The number of rotatable bonds is 8. The van der Waals surface area contributed by atoms with Gasteiger partial charge in [-0.15, -0.1) is 0 Å². The fraction of sp³-hybridized carbons (Fsp3) is 0.458. The first kappa shape index (κ1) is 24.3. The van der Waals surface area contributed by atoms with Crippen molar-refractivity contribution in [3.05, 3.63) is 58.7 Å². The van der Waals surface area contributed by atoms with E-state index in [-0.39, 0.29) is 24.0 Å². The van der Waals surface area contributed by atoms with Gasteiger partial charge in [0.1, 0.15) is 0 Å². The van der Waals surface area contributed by atoms with Crippen LogP contribution in [0.4, 0.5) is 0 Å². The van der Waals surface area contributed by atoms with Crippen molar-refractivity contribution in [2.75, 3.05) is 0 Å². The Morgan fingerprint density at radius 1 is 1.17 bits per heavy atom. The van der Waals surface area contributed by atoms with Gasteiger partial charge in [-0.2, -0.15) is 0 Å². The van der Waals surface area contributed by atoms with Crippen LogP contribution in [0.25, 0.3) is 0 Å². The number of hydrogen-bond acceptors (Lipinski definition) is 4. The van der Waals surface area contributed by atoms with Crippen molar-refractivity contribution in [2.24, 2.45) is 5.41 Å². The topological polar surface area (TPSA) is 80.7 Å². The lowest BCUT2D eigenvalue weighted by atomic mass is 9.71. The number of carboxylic acids is 1. The minimum absolute atomic E-state index is 0.224. The number of ketones is 1. The van der Waals surface area contributed by atoms with E-state index in [0.29, 0.717) is 12.0 Å². The van der Waals surface area contributed by atoms with Gasteiger partial charge < -0.3 is 9.84 Å². The molecule has 29 heavy (non-hydrogen) atoms. The van der Waals surface area contributed by atoms with Crippen LogP contribution in [0.5, 0.6) is 0 Å². The maximum Gasteiger partial charge on any atom is 0.307 e. The summed E-state index contributed by atoms with van der Waals surface area (Å²) in [6.45, 7) is 11.8. The van der Waals surface area contributed by atoms with Crippen molar-refractivity contribution in [3.8, 4) is 0 Å². The summed E-state index contributed by atoms with van der Waals surface area (Å²) in [7, 11) is 0. The third-order valence-electron chi connectivity index (χ3n) is 4.99. The van der Waals surface area contributed by atoms with Crippen molar-refractivity contribution in [2.45, 2.75) is 66.9 Å². The molecule has 0 amide bonds. The smallest absolute Gasteiger partial charge is 0.307 e. The summed E-state index contributed by atoms with van der Waals surface area (Å²) in [5.41, 5.74) is 3.36. The molecule has 0 radical (unpaired) electrons. The first-order valence-corrected chi connectivity index (χ1v) is 9.80. The van der Waals surface area contributed by atoms with Crippen LogP contribution in [0.3, 0.4) is 0 Å². The lowest BCUT2D eigenvalue weighted by molar-refractivity contribution is -0.157. The molecule has 158 valence electrons. The number of carbonyl (C=O) groups is 3. The van der Waals surface area contributed by atoms with Crippen molar-refractivity contribution in [3.63, 3.8) is 0 Å². The molecule has 1 aliphatic carbocycles. The number of esters is 1. The molecule has 0 saturated heterocycles. The van der Waals surface area contributed by atoms with Gasteiger partial charge in [0.25, 0.3) is 0 Å². The van der Waals surface area contributed by atoms with Crippen molar-refractivity contribution >= 4 is 17.7 Å². The fourth-order valence-electron chi connectivity index (χ4n) is 3.14. The molecule has 1 aliphatic rings. The average molecular weight is 401 g/mol. The summed E-state index contributed by atoms with van der Waals surface area (Å²) in [4.78, 5) is 35.2. The van der Waals surface area contributed by atoms with Crippen LogP contribution < -0.4 is 0 Å².